The van der Waals surface area contributed by atoms with Gasteiger partial charge >= 0.3 is 5.97 Å². The number of rotatable bonds is 5. The number of carbonyl (C=O) groups excluding carboxylic acids is 1. The van der Waals surface area contributed by atoms with Gasteiger partial charge in [0.1, 0.15) is 0 Å². The van der Waals surface area contributed by atoms with E-state index in [1.54, 1.807) is 12.1 Å². The monoisotopic (exact) mass is 364 g/mol. The Morgan fingerprint density at radius 1 is 1.44 bits per heavy atom. The third-order valence-electron chi connectivity index (χ3n) is 4.30. The Bertz CT molecular complexity index is 848. The number of nitrogens with zero attached hydrogens (tertiary/aromatic N) is 2. The lowest BCUT2D eigenvalue weighted by Crippen LogP contribution is -2.36. The maximum Gasteiger partial charge on any atom is 0.305 e. The van der Waals surface area contributed by atoms with Crippen LogP contribution in [0.1, 0.15) is 22.5 Å². The highest BCUT2D eigenvalue weighted by Gasteiger charge is 2.37. The second-order valence-electron chi connectivity index (χ2n) is 5.89. The van der Waals surface area contributed by atoms with Crippen molar-refractivity contribution in [3.8, 4) is 0 Å². The highest BCUT2D eigenvalue weighted by atomic mass is 32.1. The lowest BCUT2D eigenvalue weighted by Gasteiger charge is -2.22. The van der Waals surface area contributed by atoms with Crippen LogP contribution in [0.2, 0.25) is 0 Å². The van der Waals surface area contributed by atoms with Gasteiger partial charge in [0, 0.05) is 41.9 Å². The zero-order chi connectivity index (χ0) is 18.1. The minimum absolute atomic E-state index is 0.0336. The fourth-order valence-electron chi connectivity index (χ4n) is 3.08. The number of benzene rings is 1. The number of non-ortho nitro benzene ring substituents is 1. The summed E-state index contributed by atoms with van der Waals surface area (Å²) in [5.74, 6) is -1.24. The van der Waals surface area contributed by atoms with E-state index in [-0.39, 0.29) is 24.1 Å². The molecule has 2 atom stereocenters. The number of hydrogen-bond donors (Lipinski definition) is 1. The molecule has 1 amide bonds. The van der Waals surface area contributed by atoms with Crippen molar-refractivity contribution >= 4 is 39.0 Å². The van der Waals surface area contributed by atoms with Crippen LogP contribution in [0.3, 0.4) is 0 Å². The molecule has 1 aliphatic rings. The van der Waals surface area contributed by atoms with E-state index in [0.717, 1.165) is 4.70 Å². The molecular weight excluding hydrogens is 348 g/mol. The van der Waals surface area contributed by atoms with E-state index >= 15 is 0 Å². The fraction of sp³-hybridized carbons (Fsp3) is 0.375. The number of likely N-dealkylation sites (tertiary alicyclic amines) is 1. The van der Waals surface area contributed by atoms with E-state index in [0.29, 0.717) is 23.2 Å². The smallest absolute Gasteiger partial charge is 0.305 e. The van der Waals surface area contributed by atoms with Crippen molar-refractivity contribution in [3.05, 3.63) is 39.3 Å². The van der Waals surface area contributed by atoms with Gasteiger partial charge in [0.25, 0.3) is 11.6 Å². The van der Waals surface area contributed by atoms with E-state index in [9.17, 15) is 19.7 Å². The Morgan fingerprint density at radius 2 is 2.20 bits per heavy atom. The summed E-state index contributed by atoms with van der Waals surface area (Å²) in [5, 5.41) is 20.6. The Morgan fingerprint density at radius 3 is 2.84 bits per heavy atom. The zero-order valence-corrected chi connectivity index (χ0v) is 14.2. The molecule has 1 fully saturated rings. The lowest BCUT2D eigenvalue weighted by atomic mass is 10.1. The maximum atomic E-state index is 12.8. The summed E-state index contributed by atoms with van der Waals surface area (Å²) >= 11 is 1.24. The third-order valence-corrected chi connectivity index (χ3v) is 5.41. The summed E-state index contributed by atoms with van der Waals surface area (Å²) in [7, 11) is 1.54. The first-order valence-corrected chi connectivity index (χ1v) is 8.44. The van der Waals surface area contributed by atoms with Crippen LogP contribution < -0.4 is 0 Å². The highest BCUT2D eigenvalue weighted by molar-refractivity contribution is 7.20. The van der Waals surface area contributed by atoms with E-state index in [1.807, 2.05) is 0 Å². The van der Waals surface area contributed by atoms with Gasteiger partial charge in [-0.2, -0.15) is 0 Å². The molecule has 132 valence electrons. The van der Waals surface area contributed by atoms with Crippen LogP contribution in [0.4, 0.5) is 5.69 Å². The largest absolute Gasteiger partial charge is 0.481 e. The summed E-state index contributed by atoms with van der Waals surface area (Å²) < 4.78 is 6.05. The molecule has 0 radical (unpaired) electrons. The van der Waals surface area contributed by atoms with Gasteiger partial charge in [-0.05, 0) is 18.6 Å². The molecule has 2 aromatic rings. The zero-order valence-electron chi connectivity index (χ0n) is 13.4. The number of carboxylic acids is 1. The Labute approximate surface area is 146 Å². The van der Waals surface area contributed by atoms with Crippen LogP contribution in [-0.4, -0.2) is 52.6 Å². The summed E-state index contributed by atoms with van der Waals surface area (Å²) in [6.45, 7) is 0.335. The molecule has 8 nitrogen and oxygen atoms in total. The molecule has 1 aliphatic heterocycles. The Hall–Kier alpha value is -2.52. The normalized spacial score (nSPS) is 20.1. The number of fused-ring (bicyclic) bond motifs is 1. The predicted molar refractivity (Wildman–Crippen MR) is 91.0 cm³/mol. The topological polar surface area (TPSA) is 110 Å². The molecule has 0 saturated carbocycles. The summed E-state index contributed by atoms with van der Waals surface area (Å²) in [6.07, 6.45) is 0.149. The molecule has 0 bridgehead atoms. The Kier molecular flexibility index (Phi) is 4.69. The van der Waals surface area contributed by atoms with Crippen molar-refractivity contribution in [2.75, 3.05) is 13.7 Å². The van der Waals surface area contributed by atoms with Crippen molar-refractivity contribution < 1.29 is 24.4 Å². The molecule has 2 heterocycles. The second-order valence-corrected chi connectivity index (χ2v) is 6.98. The highest BCUT2D eigenvalue weighted by Crippen LogP contribution is 2.32. The number of amides is 1. The van der Waals surface area contributed by atoms with Gasteiger partial charge in [0.2, 0.25) is 0 Å². The number of carboxylic acid groups (broad SMARTS) is 1. The molecule has 1 saturated heterocycles. The van der Waals surface area contributed by atoms with Crippen LogP contribution in [-0.2, 0) is 9.53 Å². The molecule has 1 aromatic heterocycles. The molecule has 2 unspecified atom stereocenters. The first kappa shape index (κ1) is 17.3. The number of ether oxygens (including phenoxy) is 1. The average Bonchev–Trinajstić information content (AvgIpc) is 3.16. The SMILES string of the molecule is COC1CC(CC(=O)O)N(C(=O)c2cc3cc([N+](=O)[O-])ccc3s2)C1. The lowest BCUT2D eigenvalue weighted by molar-refractivity contribution is -0.384. The average molecular weight is 364 g/mol. The van der Waals surface area contributed by atoms with Crippen LogP contribution in [0.25, 0.3) is 10.1 Å². The second kappa shape index (κ2) is 6.77. The predicted octanol–water partition coefficient (Wildman–Crippen LogP) is 2.51. The van der Waals surface area contributed by atoms with Gasteiger partial charge in [-0.25, -0.2) is 0 Å². The van der Waals surface area contributed by atoms with Crippen molar-refractivity contribution in [3.63, 3.8) is 0 Å². The number of thiophene rings is 1. The van der Waals surface area contributed by atoms with Crippen molar-refractivity contribution in [2.24, 2.45) is 0 Å². The third kappa shape index (κ3) is 3.47. The molecule has 1 N–H and O–H groups in total. The molecule has 1 aromatic carbocycles. The molecule has 3 rings (SSSR count). The first-order chi connectivity index (χ1) is 11.9. The molecule has 0 spiro atoms. The minimum Gasteiger partial charge on any atom is -0.481 e. The first-order valence-electron chi connectivity index (χ1n) is 7.62. The van der Waals surface area contributed by atoms with E-state index in [1.165, 1.54) is 35.5 Å². The van der Waals surface area contributed by atoms with Crippen molar-refractivity contribution in [2.45, 2.75) is 25.0 Å². The van der Waals surface area contributed by atoms with Crippen LogP contribution in [0.5, 0.6) is 0 Å². The number of carbonyl (C=O) groups is 2. The van der Waals surface area contributed by atoms with Gasteiger partial charge < -0.3 is 14.7 Å². The van der Waals surface area contributed by atoms with Crippen molar-refractivity contribution in [1.82, 2.24) is 4.90 Å². The number of methoxy groups -OCH3 is 1. The number of nitro benzene ring substituents is 1. The minimum atomic E-state index is -0.966. The molecule has 9 heteroatoms. The summed E-state index contributed by atoms with van der Waals surface area (Å²) in [4.78, 5) is 36.3. The fourth-order valence-corrected chi connectivity index (χ4v) is 4.08. The number of nitro groups is 1. The Balaban J connectivity index is 1.89. The number of hydrogen-bond acceptors (Lipinski definition) is 6. The quantitative estimate of drug-likeness (QED) is 0.645. The molecule has 0 aliphatic carbocycles. The summed E-state index contributed by atoms with van der Waals surface area (Å²) in [6, 6.07) is 5.64. The maximum absolute atomic E-state index is 12.8. The van der Waals surface area contributed by atoms with Crippen LogP contribution in [0.15, 0.2) is 24.3 Å². The van der Waals surface area contributed by atoms with Gasteiger partial charge in [-0.15, -0.1) is 11.3 Å². The van der Waals surface area contributed by atoms with Gasteiger partial charge in [-0.1, -0.05) is 0 Å². The molecular formula is C16H16N2O6S. The molecule has 25 heavy (non-hydrogen) atoms. The van der Waals surface area contributed by atoms with E-state index < -0.39 is 16.9 Å². The van der Waals surface area contributed by atoms with Crippen LogP contribution in [0, 0.1) is 10.1 Å². The van der Waals surface area contributed by atoms with E-state index in [4.69, 9.17) is 9.84 Å². The van der Waals surface area contributed by atoms with Gasteiger partial charge in [-0.3, -0.25) is 19.7 Å². The van der Waals surface area contributed by atoms with Crippen LogP contribution >= 0.6 is 11.3 Å². The van der Waals surface area contributed by atoms with Gasteiger partial charge in [0.05, 0.1) is 22.3 Å². The number of aliphatic carboxylic acids is 1. The van der Waals surface area contributed by atoms with Gasteiger partial charge in [0.15, 0.2) is 0 Å². The standard InChI is InChI=1S/C16H16N2O6S/c1-24-12-6-11(7-15(19)20)17(8-12)16(21)14-5-9-4-10(18(22)23)2-3-13(9)25-14/h2-5,11-12H,6-8H2,1H3,(H,19,20). The van der Waals surface area contributed by atoms with Crippen molar-refractivity contribution in [1.29, 1.82) is 0 Å². The summed E-state index contributed by atoms with van der Waals surface area (Å²) in [5.41, 5.74) is -0.0336. The van der Waals surface area contributed by atoms with E-state index in [2.05, 4.69) is 0 Å².